The number of hydrogen-bond donors (Lipinski definition) is 1. The van der Waals surface area contributed by atoms with E-state index < -0.39 is 10.9 Å². The molecular formula is C14H10ClNO4S. The second-order valence-corrected chi connectivity index (χ2v) is 5.55. The zero-order chi connectivity index (χ0) is 15.4. The number of carboxylic acid groups (broad SMARTS) is 1. The van der Waals surface area contributed by atoms with Crippen molar-refractivity contribution in [1.29, 1.82) is 0 Å². The van der Waals surface area contributed by atoms with E-state index in [2.05, 4.69) is 0 Å². The molecule has 0 bridgehead atoms. The van der Waals surface area contributed by atoms with Crippen LogP contribution in [0, 0.1) is 10.1 Å². The third-order valence-corrected chi connectivity index (χ3v) is 4.17. The van der Waals surface area contributed by atoms with Crippen LogP contribution in [0.4, 0.5) is 5.69 Å². The lowest BCUT2D eigenvalue weighted by molar-refractivity contribution is -0.387. The quantitative estimate of drug-likeness (QED) is 0.505. The van der Waals surface area contributed by atoms with E-state index in [9.17, 15) is 14.9 Å². The maximum atomic E-state index is 11.2. The molecule has 0 radical (unpaired) electrons. The molecule has 2 rings (SSSR count). The van der Waals surface area contributed by atoms with Crippen molar-refractivity contribution in [3.05, 3.63) is 68.7 Å². The Labute approximate surface area is 129 Å². The lowest BCUT2D eigenvalue weighted by Gasteiger charge is -2.07. The van der Waals surface area contributed by atoms with Gasteiger partial charge in [0.1, 0.15) is 4.90 Å². The van der Waals surface area contributed by atoms with E-state index in [1.54, 1.807) is 24.3 Å². The fourth-order valence-electron chi connectivity index (χ4n) is 1.72. The Kier molecular flexibility index (Phi) is 4.82. The molecule has 0 saturated heterocycles. The van der Waals surface area contributed by atoms with E-state index in [0.29, 0.717) is 10.8 Å². The first-order chi connectivity index (χ1) is 9.99. The monoisotopic (exact) mass is 323 g/mol. The summed E-state index contributed by atoms with van der Waals surface area (Å²) >= 11 is 6.91. The van der Waals surface area contributed by atoms with Crippen LogP contribution >= 0.6 is 23.4 Å². The topological polar surface area (TPSA) is 80.4 Å². The lowest BCUT2D eigenvalue weighted by atomic mass is 10.2. The van der Waals surface area contributed by atoms with Crippen molar-refractivity contribution in [2.24, 2.45) is 0 Å². The highest BCUT2D eigenvalue weighted by molar-refractivity contribution is 7.98. The van der Waals surface area contributed by atoms with E-state index in [4.69, 9.17) is 16.7 Å². The van der Waals surface area contributed by atoms with Crippen molar-refractivity contribution in [3.63, 3.8) is 0 Å². The van der Waals surface area contributed by atoms with E-state index >= 15 is 0 Å². The zero-order valence-corrected chi connectivity index (χ0v) is 12.2. The average molecular weight is 324 g/mol. The summed E-state index contributed by atoms with van der Waals surface area (Å²) < 4.78 is 0. The van der Waals surface area contributed by atoms with Gasteiger partial charge in [0.05, 0.1) is 10.5 Å². The summed E-state index contributed by atoms with van der Waals surface area (Å²) in [6.07, 6.45) is 0. The molecule has 0 aliphatic rings. The van der Waals surface area contributed by atoms with Gasteiger partial charge in [-0.05, 0) is 23.8 Å². The van der Waals surface area contributed by atoms with Gasteiger partial charge in [-0.1, -0.05) is 29.8 Å². The molecule has 5 nitrogen and oxygen atoms in total. The van der Waals surface area contributed by atoms with Gasteiger partial charge in [-0.25, -0.2) is 4.79 Å². The molecule has 2 aromatic carbocycles. The number of nitrogens with zero attached hydrogens (tertiary/aromatic N) is 1. The van der Waals surface area contributed by atoms with Crippen molar-refractivity contribution >= 4 is 35.0 Å². The summed E-state index contributed by atoms with van der Waals surface area (Å²) in [5, 5.41) is 20.8. The first-order valence-corrected chi connectivity index (χ1v) is 7.23. The predicted molar refractivity (Wildman–Crippen MR) is 81.1 cm³/mol. The summed E-state index contributed by atoms with van der Waals surface area (Å²) in [5.41, 5.74) is 0.635. The molecule has 0 aliphatic heterocycles. The Hall–Kier alpha value is -2.05. The Balaban J connectivity index is 2.31. The Bertz CT molecular complexity index is 656. The molecule has 0 amide bonds. The molecular weight excluding hydrogens is 314 g/mol. The number of nitro benzene ring substituents is 1. The van der Waals surface area contributed by atoms with Crippen molar-refractivity contribution < 1.29 is 14.8 Å². The van der Waals surface area contributed by atoms with Gasteiger partial charge in [0.2, 0.25) is 0 Å². The maximum Gasteiger partial charge on any atom is 0.337 e. The van der Waals surface area contributed by atoms with Gasteiger partial charge < -0.3 is 5.11 Å². The van der Waals surface area contributed by atoms with Crippen LogP contribution in [-0.4, -0.2) is 16.0 Å². The summed E-state index contributed by atoms with van der Waals surface area (Å²) in [7, 11) is 0. The standard InChI is InChI=1S/C14H10ClNO4S/c15-10-6-4-9(5-7-10)8-21-13-11(14(17)18)2-1-3-12(13)16(19)20/h1-7H,8H2,(H,17,18). The largest absolute Gasteiger partial charge is 0.478 e. The summed E-state index contributed by atoms with van der Waals surface area (Å²) in [6.45, 7) is 0. The summed E-state index contributed by atoms with van der Waals surface area (Å²) in [4.78, 5) is 21.8. The summed E-state index contributed by atoms with van der Waals surface area (Å²) in [5.74, 6) is -0.764. The van der Waals surface area contributed by atoms with Gasteiger partial charge in [-0.15, -0.1) is 11.8 Å². The van der Waals surface area contributed by atoms with E-state index in [1.807, 2.05) is 0 Å². The van der Waals surface area contributed by atoms with Crippen LogP contribution < -0.4 is 0 Å². The minimum absolute atomic E-state index is 0.0665. The van der Waals surface area contributed by atoms with Crippen molar-refractivity contribution in [3.8, 4) is 0 Å². The molecule has 0 unspecified atom stereocenters. The predicted octanol–water partition coefficient (Wildman–Crippen LogP) is 4.24. The molecule has 2 aromatic rings. The molecule has 108 valence electrons. The summed E-state index contributed by atoms with van der Waals surface area (Å²) in [6, 6.07) is 11.1. The molecule has 0 spiro atoms. The zero-order valence-electron chi connectivity index (χ0n) is 10.7. The fraction of sp³-hybridized carbons (Fsp3) is 0.0714. The van der Waals surface area contributed by atoms with Crippen LogP contribution in [0.5, 0.6) is 0 Å². The smallest absolute Gasteiger partial charge is 0.337 e. The van der Waals surface area contributed by atoms with Crippen LogP contribution in [0.2, 0.25) is 5.02 Å². The maximum absolute atomic E-state index is 11.2. The van der Waals surface area contributed by atoms with Crippen LogP contribution in [0.25, 0.3) is 0 Å². The lowest BCUT2D eigenvalue weighted by Crippen LogP contribution is -2.02. The second kappa shape index (κ2) is 6.60. The van der Waals surface area contributed by atoms with Crippen LogP contribution in [0.15, 0.2) is 47.4 Å². The Morgan fingerprint density at radius 1 is 1.24 bits per heavy atom. The molecule has 0 atom stereocenters. The minimum atomic E-state index is -1.18. The normalized spacial score (nSPS) is 10.3. The van der Waals surface area contributed by atoms with Crippen molar-refractivity contribution in [2.45, 2.75) is 10.6 Å². The van der Waals surface area contributed by atoms with Gasteiger partial charge in [-0.2, -0.15) is 0 Å². The van der Waals surface area contributed by atoms with Crippen molar-refractivity contribution in [1.82, 2.24) is 0 Å². The number of rotatable bonds is 5. The number of carboxylic acids is 1. The van der Waals surface area contributed by atoms with Gasteiger partial charge >= 0.3 is 5.97 Å². The third-order valence-electron chi connectivity index (χ3n) is 2.72. The molecule has 1 N–H and O–H groups in total. The van der Waals surface area contributed by atoms with Gasteiger partial charge in [0.25, 0.3) is 5.69 Å². The number of benzene rings is 2. The number of carbonyl (C=O) groups is 1. The Morgan fingerprint density at radius 3 is 2.48 bits per heavy atom. The molecule has 0 aromatic heterocycles. The number of hydrogen-bond acceptors (Lipinski definition) is 4. The van der Waals surface area contributed by atoms with Crippen molar-refractivity contribution in [2.75, 3.05) is 0 Å². The number of thioether (sulfide) groups is 1. The molecule has 0 aliphatic carbocycles. The Morgan fingerprint density at radius 2 is 1.90 bits per heavy atom. The van der Waals surface area contributed by atoms with Crippen LogP contribution in [0.3, 0.4) is 0 Å². The molecule has 0 heterocycles. The highest BCUT2D eigenvalue weighted by Crippen LogP contribution is 2.34. The highest BCUT2D eigenvalue weighted by Gasteiger charge is 2.21. The van der Waals surface area contributed by atoms with E-state index in [-0.39, 0.29) is 16.1 Å². The van der Waals surface area contributed by atoms with Crippen LogP contribution in [0.1, 0.15) is 15.9 Å². The SMILES string of the molecule is O=C(O)c1cccc([N+](=O)[O-])c1SCc1ccc(Cl)cc1. The number of aromatic carboxylic acids is 1. The molecule has 0 fully saturated rings. The molecule has 0 saturated carbocycles. The number of halogens is 1. The van der Waals surface area contributed by atoms with E-state index in [0.717, 1.165) is 17.3 Å². The fourth-order valence-corrected chi connectivity index (χ4v) is 2.96. The molecule has 21 heavy (non-hydrogen) atoms. The first kappa shape index (κ1) is 15.3. The second-order valence-electron chi connectivity index (χ2n) is 4.13. The average Bonchev–Trinajstić information content (AvgIpc) is 2.46. The first-order valence-electron chi connectivity index (χ1n) is 5.87. The van der Waals surface area contributed by atoms with E-state index in [1.165, 1.54) is 18.2 Å². The van der Waals surface area contributed by atoms with Gasteiger partial charge in [0.15, 0.2) is 0 Å². The van der Waals surface area contributed by atoms with Gasteiger partial charge in [0, 0.05) is 16.8 Å². The van der Waals surface area contributed by atoms with Crippen LogP contribution in [-0.2, 0) is 5.75 Å². The minimum Gasteiger partial charge on any atom is -0.478 e. The number of nitro groups is 1. The highest BCUT2D eigenvalue weighted by atomic mass is 35.5. The van der Waals surface area contributed by atoms with Gasteiger partial charge in [-0.3, -0.25) is 10.1 Å². The molecule has 7 heteroatoms. The third kappa shape index (κ3) is 3.74.